The summed E-state index contributed by atoms with van der Waals surface area (Å²) in [6, 6.07) is 29.3. The third-order valence-electron chi connectivity index (χ3n) is 9.63. The van der Waals surface area contributed by atoms with Crippen molar-refractivity contribution in [1.29, 1.82) is 0 Å². The molecule has 2 amide bonds. The molecule has 58 heavy (non-hydrogen) atoms. The molecular formula is C45H56N6O7. The molecular weight excluding hydrogens is 737 g/mol. The van der Waals surface area contributed by atoms with Gasteiger partial charge in [0.1, 0.15) is 34.7 Å². The molecule has 1 fully saturated rings. The third kappa shape index (κ3) is 10.3. The van der Waals surface area contributed by atoms with E-state index in [1.165, 1.54) is 6.33 Å². The number of carboxylic acid groups (broad SMARTS) is 1. The topological polar surface area (TPSA) is 182 Å². The lowest BCUT2D eigenvalue weighted by Crippen LogP contribution is -2.46. The van der Waals surface area contributed by atoms with Crippen molar-refractivity contribution in [3.05, 3.63) is 126 Å². The summed E-state index contributed by atoms with van der Waals surface area (Å²) in [4.78, 5) is 49.6. The number of aliphatic carboxylic acids is 1. The molecule has 2 aromatic heterocycles. The van der Waals surface area contributed by atoms with E-state index in [1.807, 2.05) is 86.5 Å². The number of nitrogen functional groups attached to an aromatic ring is 1. The number of carboxylic acids is 1. The van der Waals surface area contributed by atoms with Gasteiger partial charge in [0.05, 0.1) is 24.2 Å². The SMILES string of the molecule is CC(C)(C)OC(=O)N1C(COC(c2ccccc2)(c2ccccc2)c2ccccc2)CCC1c1c[nH]c2c(N)ncnc12.CC(C)C(NC(=O)OC(C)(C)C)C(=O)O. The van der Waals surface area contributed by atoms with Gasteiger partial charge in [0.2, 0.25) is 0 Å². The average molecular weight is 793 g/mol. The summed E-state index contributed by atoms with van der Waals surface area (Å²) in [5.41, 5.74) is 9.23. The zero-order valence-corrected chi connectivity index (χ0v) is 34.6. The molecule has 5 aromatic rings. The van der Waals surface area contributed by atoms with Crippen LogP contribution >= 0.6 is 0 Å². The second-order valence-corrected chi connectivity index (χ2v) is 16.7. The number of hydrogen-bond acceptors (Lipinski definition) is 9. The Balaban J connectivity index is 0.000000364. The number of fused-ring (bicyclic) bond motifs is 1. The maximum atomic E-state index is 13.9. The van der Waals surface area contributed by atoms with E-state index in [-0.39, 0.29) is 30.7 Å². The Morgan fingerprint density at radius 2 is 1.34 bits per heavy atom. The minimum Gasteiger partial charge on any atom is -0.480 e. The van der Waals surface area contributed by atoms with Crippen LogP contribution in [0.25, 0.3) is 11.0 Å². The smallest absolute Gasteiger partial charge is 0.411 e. The van der Waals surface area contributed by atoms with Crippen LogP contribution in [0.2, 0.25) is 0 Å². The molecule has 0 radical (unpaired) electrons. The maximum absolute atomic E-state index is 13.9. The first-order valence-electron chi connectivity index (χ1n) is 19.5. The number of H-pyrrole nitrogens is 1. The van der Waals surface area contributed by atoms with Crippen molar-refractivity contribution >= 4 is 35.0 Å². The van der Waals surface area contributed by atoms with Crippen LogP contribution in [0, 0.1) is 5.92 Å². The maximum Gasteiger partial charge on any atom is 0.411 e. The molecule has 6 rings (SSSR count). The Hall–Kier alpha value is -5.95. The van der Waals surface area contributed by atoms with Gasteiger partial charge in [-0.1, -0.05) is 105 Å². The van der Waals surface area contributed by atoms with Gasteiger partial charge < -0.3 is 35.4 Å². The number of aromatic amines is 1. The monoisotopic (exact) mass is 792 g/mol. The fourth-order valence-corrected chi connectivity index (χ4v) is 7.11. The number of anilines is 1. The molecule has 5 N–H and O–H groups in total. The number of amides is 2. The molecule has 13 heteroatoms. The zero-order chi connectivity index (χ0) is 42.3. The minimum absolute atomic E-state index is 0.185. The molecule has 3 unspecified atom stereocenters. The number of likely N-dealkylation sites (tertiary alicyclic amines) is 1. The number of benzene rings is 3. The molecule has 0 bridgehead atoms. The number of ether oxygens (including phenoxy) is 3. The van der Waals surface area contributed by atoms with Crippen LogP contribution in [0.5, 0.6) is 0 Å². The Morgan fingerprint density at radius 3 is 1.81 bits per heavy atom. The van der Waals surface area contributed by atoms with Crippen LogP contribution in [-0.4, -0.2) is 73.0 Å². The number of alkyl carbamates (subject to hydrolysis) is 1. The lowest BCUT2D eigenvalue weighted by atomic mass is 9.80. The van der Waals surface area contributed by atoms with Crippen molar-refractivity contribution < 1.29 is 33.7 Å². The van der Waals surface area contributed by atoms with Gasteiger partial charge in [-0.25, -0.2) is 24.4 Å². The number of nitrogens with zero attached hydrogens (tertiary/aromatic N) is 3. The minimum atomic E-state index is -1.06. The first-order chi connectivity index (χ1) is 27.4. The van der Waals surface area contributed by atoms with Crippen LogP contribution in [0.1, 0.15) is 96.5 Å². The fourth-order valence-electron chi connectivity index (χ4n) is 7.11. The average Bonchev–Trinajstić information content (AvgIpc) is 3.79. The number of carbonyl (C=O) groups excluding carboxylic acids is 2. The molecule has 3 atom stereocenters. The van der Waals surface area contributed by atoms with Gasteiger partial charge in [-0.2, -0.15) is 0 Å². The highest BCUT2D eigenvalue weighted by Crippen LogP contribution is 2.44. The van der Waals surface area contributed by atoms with Gasteiger partial charge in [-0.15, -0.1) is 0 Å². The zero-order valence-electron chi connectivity index (χ0n) is 34.6. The molecule has 1 saturated heterocycles. The fraction of sp³-hybridized carbons (Fsp3) is 0.400. The van der Waals surface area contributed by atoms with Crippen molar-refractivity contribution in [2.24, 2.45) is 5.92 Å². The van der Waals surface area contributed by atoms with Crippen molar-refractivity contribution in [1.82, 2.24) is 25.2 Å². The highest BCUT2D eigenvalue weighted by atomic mass is 16.6. The summed E-state index contributed by atoms with van der Waals surface area (Å²) in [5.74, 6) is -0.873. The van der Waals surface area contributed by atoms with E-state index in [9.17, 15) is 14.4 Å². The number of rotatable bonds is 10. The molecule has 308 valence electrons. The summed E-state index contributed by atoms with van der Waals surface area (Å²) >= 11 is 0. The predicted octanol–water partition coefficient (Wildman–Crippen LogP) is 8.61. The molecule has 1 aliphatic heterocycles. The summed E-state index contributed by atoms with van der Waals surface area (Å²) in [5, 5.41) is 11.1. The lowest BCUT2D eigenvalue weighted by molar-refractivity contribution is -0.140. The Labute approximate surface area is 340 Å². The van der Waals surface area contributed by atoms with Gasteiger partial charge >= 0.3 is 18.2 Å². The number of nitrogens with two attached hydrogens (primary N) is 1. The van der Waals surface area contributed by atoms with E-state index in [4.69, 9.17) is 25.1 Å². The van der Waals surface area contributed by atoms with E-state index >= 15 is 0 Å². The van der Waals surface area contributed by atoms with E-state index in [0.717, 1.165) is 35.1 Å². The molecule has 1 aliphatic rings. The third-order valence-corrected chi connectivity index (χ3v) is 9.63. The molecule has 0 saturated carbocycles. The van der Waals surface area contributed by atoms with Crippen LogP contribution in [0.3, 0.4) is 0 Å². The first kappa shape index (κ1) is 43.2. The van der Waals surface area contributed by atoms with Crippen molar-refractivity contribution in [3.63, 3.8) is 0 Å². The molecule has 13 nitrogen and oxygen atoms in total. The number of nitrogens with one attached hydrogen (secondary N) is 2. The van der Waals surface area contributed by atoms with Crippen LogP contribution in [-0.2, 0) is 24.6 Å². The van der Waals surface area contributed by atoms with Gasteiger partial charge in [-0.3, -0.25) is 4.90 Å². The molecule has 3 aromatic carbocycles. The number of hydrogen-bond donors (Lipinski definition) is 4. The van der Waals surface area contributed by atoms with Crippen molar-refractivity contribution in [2.75, 3.05) is 12.3 Å². The molecule has 3 heterocycles. The highest BCUT2D eigenvalue weighted by molar-refractivity contribution is 5.88. The van der Waals surface area contributed by atoms with E-state index in [2.05, 4.69) is 56.7 Å². The standard InChI is InChI=1S/C35H37N5O3.C10H19NO4/c1-34(2,3)43-33(41)40-27(19-20-29(40)28-21-37-31-30(28)38-23-39-32(31)36)22-42-35(24-13-7-4-8-14-24,25-15-9-5-10-16-25)26-17-11-6-12-18-26;1-6(2)7(8(12)13)11-9(14)15-10(3,4)5/h4-18,21,23,27,29,37H,19-20,22H2,1-3H3,(H2,36,38,39);6-7H,1-5H3,(H,11,14)(H,12,13). The highest BCUT2D eigenvalue weighted by Gasteiger charge is 2.44. The molecule has 0 aliphatic carbocycles. The summed E-state index contributed by atoms with van der Waals surface area (Å²) < 4.78 is 18.1. The van der Waals surface area contributed by atoms with E-state index in [1.54, 1.807) is 34.6 Å². The van der Waals surface area contributed by atoms with Crippen molar-refractivity contribution in [3.8, 4) is 0 Å². The number of carbonyl (C=O) groups is 3. The van der Waals surface area contributed by atoms with Gasteiger partial charge in [0.25, 0.3) is 0 Å². The van der Waals surface area contributed by atoms with Crippen molar-refractivity contribution in [2.45, 2.75) is 103 Å². The summed E-state index contributed by atoms with van der Waals surface area (Å²) in [7, 11) is 0. The van der Waals surface area contributed by atoms with Gasteiger partial charge in [0, 0.05) is 11.8 Å². The van der Waals surface area contributed by atoms with Crippen LogP contribution in [0.4, 0.5) is 15.4 Å². The Morgan fingerprint density at radius 1 is 0.828 bits per heavy atom. The van der Waals surface area contributed by atoms with E-state index in [0.29, 0.717) is 16.9 Å². The second kappa shape index (κ2) is 18.1. The van der Waals surface area contributed by atoms with Gasteiger partial charge in [0.15, 0.2) is 5.82 Å². The van der Waals surface area contributed by atoms with E-state index < -0.39 is 34.9 Å². The number of aromatic nitrogens is 3. The normalized spacial score (nSPS) is 16.3. The first-order valence-corrected chi connectivity index (χ1v) is 19.5. The Bertz CT molecular complexity index is 2030. The predicted molar refractivity (Wildman–Crippen MR) is 223 cm³/mol. The largest absolute Gasteiger partial charge is 0.480 e. The Kier molecular flexibility index (Phi) is 13.5. The lowest BCUT2D eigenvalue weighted by Gasteiger charge is -2.38. The van der Waals surface area contributed by atoms with Crippen LogP contribution < -0.4 is 11.1 Å². The molecule has 0 spiro atoms. The summed E-state index contributed by atoms with van der Waals surface area (Å²) in [6.45, 7) is 14.5. The second-order valence-electron chi connectivity index (χ2n) is 16.7. The summed E-state index contributed by atoms with van der Waals surface area (Å²) in [6.07, 6.45) is 3.69. The van der Waals surface area contributed by atoms with Gasteiger partial charge in [-0.05, 0) is 77.0 Å². The quantitative estimate of drug-likeness (QED) is 0.1000. The van der Waals surface area contributed by atoms with Crippen LogP contribution in [0.15, 0.2) is 104 Å².